The molecule has 2 rings (SSSR count). The zero-order valence-corrected chi connectivity index (χ0v) is 11.8. The van der Waals surface area contributed by atoms with Crippen LogP contribution in [0.4, 0.5) is 16.2 Å². The second-order valence-electron chi connectivity index (χ2n) is 4.64. The lowest BCUT2D eigenvalue weighted by atomic mass is 10.3. The van der Waals surface area contributed by atoms with E-state index in [4.69, 9.17) is 0 Å². The van der Waals surface area contributed by atoms with Crippen molar-refractivity contribution in [1.82, 2.24) is 9.88 Å². The van der Waals surface area contributed by atoms with E-state index in [1.807, 2.05) is 30.7 Å². The molecular formula is C14H16N4O3. The van der Waals surface area contributed by atoms with Crippen LogP contribution in [-0.4, -0.2) is 15.5 Å². The molecule has 0 aliphatic heterocycles. The highest BCUT2D eigenvalue weighted by Gasteiger charge is 2.08. The molecule has 1 heterocycles. The average Bonchev–Trinajstić information content (AvgIpc) is 2.77. The Morgan fingerprint density at radius 2 is 2.10 bits per heavy atom. The predicted molar refractivity (Wildman–Crippen MR) is 79.1 cm³/mol. The summed E-state index contributed by atoms with van der Waals surface area (Å²) in [4.78, 5) is 21.9. The second kappa shape index (κ2) is 6.08. The maximum absolute atomic E-state index is 11.8. The Morgan fingerprint density at radius 3 is 2.71 bits per heavy atom. The van der Waals surface area contributed by atoms with Crippen LogP contribution in [0.2, 0.25) is 0 Å². The number of nitrogens with one attached hydrogen (secondary N) is 2. The van der Waals surface area contributed by atoms with Crippen LogP contribution in [0.3, 0.4) is 0 Å². The number of carbonyl (C=O) groups excluding carboxylic acids is 1. The summed E-state index contributed by atoms with van der Waals surface area (Å²) in [5.74, 6) is 0. The van der Waals surface area contributed by atoms with E-state index >= 15 is 0 Å². The van der Waals surface area contributed by atoms with Crippen molar-refractivity contribution >= 4 is 17.4 Å². The van der Waals surface area contributed by atoms with Gasteiger partial charge in [-0.3, -0.25) is 10.1 Å². The van der Waals surface area contributed by atoms with Crippen molar-refractivity contribution in [1.29, 1.82) is 0 Å². The summed E-state index contributed by atoms with van der Waals surface area (Å²) in [7, 11) is 1.92. The van der Waals surface area contributed by atoms with Gasteiger partial charge in [-0.25, -0.2) is 4.79 Å². The molecule has 1 aromatic heterocycles. The molecule has 0 saturated carbocycles. The van der Waals surface area contributed by atoms with E-state index < -0.39 is 11.0 Å². The first-order valence-electron chi connectivity index (χ1n) is 6.38. The van der Waals surface area contributed by atoms with E-state index in [0.29, 0.717) is 12.2 Å². The van der Waals surface area contributed by atoms with Gasteiger partial charge < -0.3 is 15.2 Å². The van der Waals surface area contributed by atoms with Crippen LogP contribution in [0.5, 0.6) is 0 Å². The van der Waals surface area contributed by atoms with Crippen molar-refractivity contribution in [3.05, 3.63) is 57.9 Å². The molecule has 0 aliphatic carbocycles. The van der Waals surface area contributed by atoms with Gasteiger partial charge in [0.2, 0.25) is 0 Å². The molecule has 0 atom stereocenters. The molecule has 0 unspecified atom stereocenters. The van der Waals surface area contributed by atoms with E-state index in [2.05, 4.69) is 10.6 Å². The Bertz CT molecular complexity index is 679. The first-order valence-corrected chi connectivity index (χ1v) is 6.38. The normalized spacial score (nSPS) is 10.2. The van der Waals surface area contributed by atoms with Gasteiger partial charge in [0.25, 0.3) is 5.69 Å². The fraction of sp³-hybridized carbons (Fsp3) is 0.214. The molecule has 0 aliphatic rings. The number of hydrogen-bond acceptors (Lipinski definition) is 3. The van der Waals surface area contributed by atoms with Gasteiger partial charge >= 0.3 is 6.03 Å². The maximum atomic E-state index is 11.8. The van der Waals surface area contributed by atoms with Crippen molar-refractivity contribution in [3.63, 3.8) is 0 Å². The number of hydrogen-bond donors (Lipinski definition) is 2. The number of urea groups is 1. The predicted octanol–water partition coefficient (Wildman–Crippen LogP) is 2.56. The molecule has 7 nitrogen and oxygen atoms in total. The van der Waals surface area contributed by atoms with Crippen LogP contribution < -0.4 is 10.6 Å². The Morgan fingerprint density at radius 1 is 1.33 bits per heavy atom. The summed E-state index contributed by atoms with van der Waals surface area (Å²) in [6.07, 6.45) is 0. The topological polar surface area (TPSA) is 89.2 Å². The Balaban J connectivity index is 1.94. The van der Waals surface area contributed by atoms with Gasteiger partial charge in [-0.15, -0.1) is 0 Å². The van der Waals surface area contributed by atoms with E-state index in [1.54, 1.807) is 6.07 Å². The van der Waals surface area contributed by atoms with Gasteiger partial charge in [-0.1, -0.05) is 6.07 Å². The van der Waals surface area contributed by atoms with Crippen LogP contribution in [0, 0.1) is 17.0 Å². The molecule has 0 bridgehead atoms. The molecule has 7 heteroatoms. The summed E-state index contributed by atoms with van der Waals surface area (Å²) in [6, 6.07) is 9.29. The van der Waals surface area contributed by atoms with Gasteiger partial charge in [0.15, 0.2) is 0 Å². The van der Waals surface area contributed by atoms with E-state index in [-0.39, 0.29) is 5.69 Å². The quantitative estimate of drug-likeness (QED) is 0.669. The summed E-state index contributed by atoms with van der Waals surface area (Å²) >= 11 is 0. The van der Waals surface area contributed by atoms with Crippen molar-refractivity contribution in [3.8, 4) is 0 Å². The van der Waals surface area contributed by atoms with Gasteiger partial charge in [-0.2, -0.15) is 0 Å². The standard InChI is InChI=1S/C14H16N4O3/c1-10-6-7-13(17(10)2)9-15-14(19)16-11-4-3-5-12(8-11)18(20)21/h3-8H,9H2,1-2H3,(H2,15,16,19). The highest BCUT2D eigenvalue weighted by Crippen LogP contribution is 2.16. The summed E-state index contributed by atoms with van der Waals surface area (Å²) in [6.45, 7) is 2.36. The molecule has 1 aromatic carbocycles. The molecule has 0 spiro atoms. The number of amides is 2. The number of benzene rings is 1. The number of anilines is 1. The van der Waals surface area contributed by atoms with Crippen LogP contribution in [0.1, 0.15) is 11.4 Å². The summed E-state index contributed by atoms with van der Waals surface area (Å²) < 4.78 is 1.98. The second-order valence-corrected chi connectivity index (χ2v) is 4.64. The SMILES string of the molecule is Cc1ccc(CNC(=O)Nc2cccc([N+](=O)[O-])c2)n1C. The van der Waals surface area contributed by atoms with Crippen LogP contribution >= 0.6 is 0 Å². The summed E-state index contributed by atoms with van der Waals surface area (Å²) in [5.41, 5.74) is 2.39. The number of non-ortho nitro benzene ring substituents is 1. The maximum Gasteiger partial charge on any atom is 0.319 e. The number of aromatic nitrogens is 1. The summed E-state index contributed by atoms with van der Waals surface area (Å²) in [5, 5.41) is 15.9. The minimum atomic E-state index is -0.504. The molecule has 21 heavy (non-hydrogen) atoms. The zero-order valence-electron chi connectivity index (χ0n) is 11.8. The third kappa shape index (κ3) is 3.59. The molecular weight excluding hydrogens is 272 g/mol. The number of nitrogens with zero attached hydrogens (tertiary/aromatic N) is 2. The van der Waals surface area contributed by atoms with Crippen molar-refractivity contribution < 1.29 is 9.72 Å². The van der Waals surface area contributed by atoms with Gasteiger partial charge in [0.05, 0.1) is 11.5 Å². The molecule has 0 saturated heterocycles. The number of aryl methyl sites for hydroxylation is 1. The number of rotatable bonds is 4. The number of nitro benzene ring substituents is 1. The molecule has 0 radical (unpaired) electrons. The fourth-order valence-electron chi connectivity index (χ4n) is 1.89. The first kappa shape index (κ1) is 14.6. The average molecular weight is 288 g/mol. The monoisotopic (exact) mass is 288 g/mol. The molecule has 2 N–H and O–H groups in total. The van der Waals surface area contributed by atoms with E-state index in [9.17, 15) is 14.9 Å². The largest absolute Gasteiger partial charge is 0.350 e. The molecule has 2 aromatic rings. The lowest BCUT2D eigenvalue weighted by Crippen LogP contribution is -2.28. The first-order chi connectivity index (χ1) is 9.97. The van der Waals surface area contributed by atoms with Crippen LogP contribution in [0.15, 0.2) is 36.4 Å². The lowest BCUT2D eigenvalue weighted by molar-refractivity contribution is -0.384. The fourth-order valence-corrected chi connectivity index (χ4v) is 1.89. The Kier molecular flexibility index (Phi) is 4.22. The smallest absolute Gasteiger partial charge is 0.319 e. The molecule has 0 fully saturated rings. The number of nitro groups is 1. The number of carbonyl (C=O) groups is 1. The highest BCUT2D eigenvalue weighted by atomic mass is 16.6. The third-order valence-corrected chi connectivity index (χ3v) is 3.22. The van der Waals surface area contributed by atoms with E-state index in [0.717, 1.165) is 11.4 Å². The minimum absolute atomic E-state index is 0.0640. The van der Waals surface area contributed by atoms with Crippen molar-refractivity contribution in [2.24, 2.45) is 7.05 Å². The zero-order chi connectivity index (χ0) is 15.4. The third-order valence-electron chi connectivity index (χ3n) is 3.22. The Labute approximate surface area is 121 Å². The minimum Gasteiger partial charge on any atom is -0.350 e. The van der Waals surface area contributed by atoms with Crippen LogP contribution in [0.25, 0.3) is 0 Å². The van der Waals surface area contributed by atoms with E-state index in [1.165, 1.54) is 18.2 Å². The molecule has 110 valence electrons. The Hall–Kier alpha value is -2.83. The lowest BCUT2D eigenvalue weighted by Gasteiger charge is -2.09. The van der Waals surface area contributed by atoms with Gasteiger partial charge in [0.1, 0.15) is 0 Å². The van der Waals surface area contributed by atoms with Crippen molar-refractivity contribution in [2.45, 2.75) is 13.5 Å². The van der Waals surface area contributed by atoms with Crippen LogP contribution in [-0.2, 0) is 13.6 Å². The highest BCUT2D eigenvalue weighted by molar-refractivity contribution is 5.89. The van der Waals surface area contributed by atoms with Crippen molar-refractivity contribution in [2.75, 3.05) is 5.32 Å². The van der Waals surface area contributed by atoms with Gasteiger partial charge in [0, 0.05) is 36.3 Å². The van der Waals surface area contributed by atoms with Gasteiger partial charge in [-0.05, 0) is 25.1 Å². The molecule has 2 amide bonds.